The van der Waals surface area contributed by atoms with Gasteiger partial charge in [-0.25, -0.2) is 18.4 Å². The van der Waals surface area contributed by atoms with Crippen LogP contribution >= 0.6 is 0 Å². The summed E-state index contributed by atoms with van der Waals surface area (Å²) in [5, 5.41) is 3.59. The number of ether oxygens (including phenoxy) is 2. The molecular weight excluding hydrogens is 485 g/mol. The molecule has 1 saturated heterocycles. The number of hydrogen-bond donors (Lipinski definition) is 1. The summed E-state index contributed by atoms with van der Waals surface area (Å²) < 4.78 is 77.0. The third-order valence-electron chi connectivity index (χ3n) is 6.04. The van der Waals surface area contributed by atoms with Crippen molar-refractivity contribution in [2.24, 2.45) is 0 Å². The van der Waals surface area contributed by atoms with Crippen LogP contribution in [0.1, 0.15) is 19.8 Å². The van der Waals surface area contributed by atoms with E-state index in [0.717, 1.165) is 0 Å². The average Bonchev–Trinajstić information content (AvgIpc) is 3.34. The summed E-state index contributed by atoms with van der Waals surface area (Å²) in [5.74, 6) is 1.00. The standard InChI is InChI=1S/C23H25F3N4O4S/c1-4-35(31,32)14-7-8-18(30-9-5-6-21(30)23(24,25)26)17(10-14)29-22-15-11-19(33-2)20(34-3)12-16(15)27-13-28-22/h7-8,10-13,21H,4-6,9H2,1-3H3,(H,27,28,29)/t21-/m1/s1. The van der Waals surface area contributed by atoms with E-state index in [1.807, 2.05) is 0 Å². The van der Waals surface area contributed by atoms with Crippen LogP contribution in [0.15, 0.2) is 41.6 Å². The number of aromatic nitrogens is 2. The molecular formula is C23H25F3N4O4S. The zero-order valence-electron chi connectivity index (χ0n) is 19.4. The van der Waals surface area contributed by atoms with Crippen molar-refractivity contribution >= 4 is 37.9 Å². The van der Waals surface area contributed by atoms with Gasteiger partial charge >= 0.3 is 6.18 Å². The highest BCUT2D eigenvalue weighted by Gasteiger charge is 2.46. The molecule has 1 atom stereocenters. The van der Waals surface area contributed by atoms with Crippen LogP contribution < -0.4 is 19.7 Å². The number of nitrogens with one attached hydrogen (secondary N) is 1. The van der Waals surface area contributed by atoms with E-state index in [1.54, 1.807) is 12.1 Å². The second kappa shape index (κ2) is 9.40. The molecule has 1 aliphatic rings. The summed E-state index contributed by atoms with van der Waals surface area (Å²) >= 11 is 0. The van der Waals surface area contributed by atoms with Crippen LogP contribution in [0.3, 0.4) is 0 Å². The Kier molecular flexibility index (Phi) is 6.67. The first-order chi connectivity index (χ1) is 16.6. The Bertz CT molecular complexity index is 1350. The van der Waals surface area contributed by atoms with E-state index < -0.39 is 22.1 Å². The van der Waals surface area contributed by atoms with Gasteiger partial charge < -0.3 is 19.7 Å². The van der Waals surface area contributed by atoms with Crippen molar-refractivity contribution in [2.75, 3.05) is 36.7 Å². The fourth-order valence-corrected chi connectivity index (χ4v) is 5.14. The van der Waals surface area contributed by atoms with Gasteiger partial charge in [0.15, 0.2) is 21.3 Å². The monoisotopic (exact) mass is 510 g/mol. The van der Waals surface area contributed by atoms with Gasteiger partial charge in [-0.3, -0.25) is 0 Å². The number of fused-ring (bicyclic) bond motifs is 1. The quantitative estimate of drug-likeness (QED) is 0.488. The maximum atomic E-state index is 13.7. The molecule has 0 aliphatic carbocycles. The third-order valence-corrected chi connectivity index (χ3v) is 7.77. The van der Waals surface area contributed by atoms with Crippen LogP contribution in [0.2, 0.25) is 0 Å². The largest absolute Gasteiger partial charge is 0.493 e. The maximum Gasteiger partial charge on any atom is 0.408 e. The molecule has 0 spiro atoms. The van der Waals surface area contributed by atoms with Crippen molar-refractivity contribution in [2.45, 2.75) is 36.9 Å². The van der Waals surface area contributed by atoms with Gasteiger partial charge in [-0.15, -0.1) is 0 Å². The number of benzene rings is 2. The van der Waals surface area contributed by atoms with Crippen LogP contribution in [-0.4, -0.2) is 57.1 Å². The molecule has 0 saturated carbocycles. The van der Waals surface area contributed by atoms with Crippen molar-refractivity contribution in [1.82, 2.24) is 9.97 Å². The molecule has 1 aliphatic heterocycles. The van der Waals surface area contributed by atoms with E-state index in [1.165, 1.54) is 50.6 Å². The Morgan fingerprint density at radius 1 is 1.11 bits per heavy atom. The van der Waals surface area contributed by atoms with Crippen molar-refractivity contribution in [3.05, 3.63) is 36.7 Å². The number of halogens is 3. The van der Waals surface area contributed by atoms with E-state index in [-0.39, 0.29) is 40.8 Å². The van der Waals surface area contributed by atoms with Crippen molar-refractivity contribution in [1.29, 1.82) is 0 Å². The van der Waals surface area contributed by atoms with Crippen LogP contribution in [0.5, 0.6) is 11.5 Å². The fourth-order valence-electron chi connectivity index (χ4n) is 4.23. The molecule has 188 valence electrons. The van der Waals surface area contributed by atoms with E-state index in [4.69, 9.17) is 9.47 Å². The lowest BCUT2D eigenvalue weighted by atomic mass is 10.1. The highest BCUT2D eigenvalue weighted by molar-refractivity contribution is 7.91. The number of rotatable bonds is 7. The first-order valence-electron chi connectivity index (χ1n) is 10.9. The van der Waals surface area contributed by atoms with Gasteiger partial charge in [-0.2, -0.15) is 13.2 Å². The summed E-state index contributed by atoms with van der Waals surface area (Å²) in [4.78, 5) is 9.78. The van der Waals surface area contributed by atoms with Crippen LogP contribution in [0, 0.1) is 0 Å². The lowest BCUT2D eigenvalue weighted by molar-refractivity contribution is -0.145. The van der Waals surface area contributed by atoms with Crippen LogP contribution in [0.25, 0.3) is 10.9 Å². The summed E-state index contributed by atoms with van der Waals surface area (Å²) in [6.45, 7) is 1.70. The lowest BCUT2D eigenvalue weighted by Crippen LogP contribution is -2.41. The van der Waals surface area contributed by atoms with Gasteiger partial charge in [0.05, 0.1) is 41.8 Å². The molecule has 0 radical (unpaired) electrons. The number of hydrogen-bond acceptors (Lipinski definition) is 8. The Morgan fingerprint density at radius 2 is 1.83 bits per heavy atom. The van der Waals surface area contributed by atoms with Crippen molar-refractivity contribution < 1.29 is 31.1 Å². The van der Waals surface area contributed by atoms with E-state index in [9.17, 15) is 21.6 Å². The van der Waals surface area contributed by atoms with Gasteiger partial charge in [-0.1, -0.05) is 6.92 Å². The molecule has 0 bridgehead atoms. The Hall–Kier alpha value is -3.28. The minimum absolute atomic E-state index is 0.00613. The molecule has 1 N–H and O–H groups in total. The number of sulfone groups is 1. The molecule has 35 heavy (non-hydrogen) atoms. The van der Waals surface area contributed by atoms with Gasteiger partial charge in [-0.05, 0) is 37.1 Å². The van der Waals surface area contributed by atoms with Crippen LogP contribution in [0.4, 0.5) is 30.4 Å². The van der Waals surface area contributed by atoms with E-state index in [0.29, 0.717) is 28.8 Å². The molecule has 12 heteroatoms. The van der Waals surface area contributed by atoms with Gasteiger partial charge in [0.25, 0.3) is 0 Å². The molecule has 2 heterocycles. The van der Waals surface area contributed by atoms with Gasteiger partial charge in [0.1, 0.15) is 18.2 Å². The molecule has 1 aromatic heterocycles. The minimum atomic E-state index is -4.42. The third kappa shape index (κ3) is 4.79. The SMILES string of the molecule is CCS(=O)(=O)c1ccc(N2CCC[C@@H]2C(F)(F)F)c(Nc2ncnc3cc(OC)c(OC)cc23)c1. The molecule has 1 fully saturated rings. The molecule has 4 rings (SSSR count). The zero-order valence-corrected chi connectivity index (χ0v) is 20.2. The first kappa shape index (κ1) is 24.8. The predicted molar refractivity (Wildman–Crippen MR) is 127 cm³/mol. The Balaban J connectivity index is 1.87. The fraction of sp³-hybridized carbons (Fsp3) is 0.391. The maximum absolute atomic E-state index is 13.7. The van der Waals surface area contributed by atoms with E-state index >= 15 is 0 Å². The lowest BCUT2D eigenvalue weighted by Gasteiger charge is -2.30. The number of anilines is 3. The number of nitrogens with zero attached hydrogens (tertiary/aromatic N) is 3. The average molecular weight is 511 g/mol. The normalized spacial score (nSPS) is 16.5. The second-order valence-corrected chi connectivity index (χ2v) is 10.3. The number of methoxy groups -OCH3 is 2. The second-order valence-electron chi connectivity index (χ2n) is 8.05. The topological polar surface area (TPSA) is 93.7 Å². The molecule has 8 nitrogen and oxygen atoms in total. The summed E-state index contributed by atoms with van der Waals surface area (Å²) in [7, 11) is -0.644. The number of alkyl halides is 3. The van der Waals surface area contributed by atoms with Crippen molar-refractivity contribution in [3.63, 3.8) is 0 Å². The molecule has 2 aromatic carbocycles. The zero-order chi connectivity index (χ0) is 25.4. The molecule has 0 amide bonds. The first-order valence-corrected chi connectivity index (χ1v) is 12.6. The van der Waals surface area contributed by atoms with Crippen molar-refractivity contribution in [3.8, 4) is 11.5 Å². The van der Waals surface area contributed by atoms with Gasteiger partial charge in [0, 0.05) is 18.0 Å². The summed E-state index contributed by atoms with van der Waals surface area (Å²) in [6.07, 6.45) is -2.79. The van der Waals surface area contributed by atoms with E-state index in [2.05, 4.69) is 15.3 Å². The minimum Gasteiger partial charge on any atom is -0.493 e. The molecule has 0 unspecified atom stereocenters. The van der Waals surface area contributed by atoms with Crippen LogP contribution in [-0.2, 0) is 9.84 Å². The Morgan fingerprint density at radius 3 is 2.49 bits per heavy atom. The molecule has 3 aromatic rings. The smallest absolute Gasteiger partial charge is 0.408 e. The summed E-state index contributed by atoms with van der Waals surface area (Å²) in [5.41, 5.74) is 0.950. The highest BCUT2D eigenvalue weighted by Crippen LogP contribution is 2.42. The predicted octanol–water partition coefficient (Wildman–Crippen LogP) is 4.72. The highest BCUT2D eigenvalue weighted by atomic mass is 32.2. The Labute approximate surface area is 201 Å². The van der Waals surface area contributed by atoms with Gasteiger partial charge in [0.2, 0.25) is 0 Å². The summed E-state index contributed by atoms with van der Waals surface area (Å²) in [6, 6.07) is 5.76.